The number of piperazine rings is 1. The molecule has 0 saturated carbocycles. The Balaban J connectivity index is 0.00000169. The number of nitrogens with zero attached hydrogens (tertiary/aromatic N) is 1. The SMILES string of the molecule is CC1CNCC(C)N1C(=O)[C@@H](C)N.Cl. The minimum atomic E-state index is -0.386. The first kappa shape index (κ1) is 13.7. The summed E-state index contributed by atoms with van der Waals surface area (Å²) in [5.41, 5.74) is 5.58. The van der Waals surface area contributed by atoms with Crippen molar-refractivity contribution in [2.24, 2.45) is 5.73 Å². The maximum absolute atomic E-state index is 11.7. The van der Waals surface area contributed by atoms with E-state index in [4.69, 9.17) is 5.73 Å². The van der Waals surface area contributed by atoms with E-state index in [9.17, 15) is 4.79 Å². The van der Waals surface area contributed by atoms with Gasteiger partial charge >= 0.3 is 0 Å². The van der Waals surface area contributed by atoms with Crippen molar-refractivity contribution in [1.29, 1.82) is 0 Å². The summed E-state index contributed by atoms with van der Waals surface area (Å²) in [7, 11) is 0. The van der Waals surface area contributed by atoms with E-state index < -0.39 is 0 Å². The molecule has 0 aliphatic carbocycles. The molecule has 0 radical (unpaired) electrons. The summed E-state index contributed by atoms with van der Waals surface area (Å²) in [5.74, 6) is 0.0569. The van der Waals surface area contributed by atoms with Crippen LogP contribution in [-0.2, 0) is 4.79 Å². The first-order valence-corrected chi connectivity index (χ1v) is 4.82. The Morgan fingerprint density at radius 3 is 2.21 bits per heavy atom. The Kier molecular flexibility index (Phi) is 5.41. The summed E-state index contributed by atoms with van der Waals surface area (Å²) in [4.78, 5) is 13.6. The first-order chi connectivity index (χ1) is 6.04. The maximum Gasteiger partial charge on any atom is 0.239 e. The van der Waals surface area contributed by atoms with E-state index in [-0.39, 0.29) is 36.4 Å². The minimum Gasteiger partial charge on any atom is -0.333 e. The van der Waals surface area contributed by atoms with E-state index in [0.717, 1.165) is 13.1 Å². The monoisotopic (exact) mass is 221 g/mol. The highest BCUT2D eigenvalue weighted by atomic mass is 35.5. The number of carbonyl (C=O) groups excluding carboxylic acids is 1. The number of rotatable bonds is 1. The van der Waals surface area contributed by atoms with Gasteiger partial charge in [0.1, 0.15) is 0 Å². The lowest BCUT2D eigenvalue weighted by atomic mass is 10.1. The van der Waals surface area contributed by atoms with Gasteiger partial charge in [-0.1, -0.05) is 0 Å². The minimum absolute atomic E-state index is 0. The van der Waals surface area contributed by atoms with Crippen LogP contribution in [-0.4, -0.2) is 42.0 Å². The largest absolute Gasteiger partial charge is 0.333 e. The Labute approximate surface area is 91.6 Å². The normalized spacial score (nSPS) is 29.3. The van der Waals surface area contributed by atoms with Crippen molar-refractivity contribution in [2.75, 3.05) is 13.1 Å². The smallest absolute Gasteiger partial charge is 0.239 e. The Morgan fingerprint density at radius 2 is 1.86 bits per heavy atom. The van der Waals surface area contributed by atoms with Crippen LogP contribution < -0.4 is 11.1 Å². The second-order valence-electron chi connectivity index (χ2n) is 3.89. The van der Waals surface area contributed by atoms with Crippen molar-refractivity contribution < 1.29 is 4.79 Å². The van der Waals surface area contributed by atoms with Crippen molar-refractivity contribution >= 4 is 18.3 Å². The molecule has 14 heavy (non-hydrogen) atoms. The molecule has 0 spiro atoms. The van der Waals surface area contributed by atoms with Crippen LogP contribution in [0.4, 0.5) is 0 Å². The van der Waals surface area contributed by atoms with Crippen molar-refractivity contribution in [2.45, 2.75) is 38.9 Å². The second-order valence-corrected chi connectivity index (χ2v) is 3.89. The van der Waals surface area contributed by atoms with Gasteiger partial charge in [-0.25, -0.2) is 0 Å². The van der Waals surface area contributed by atoms with E-state index in [0.29, 0.717) is 0 Å². The van der Waals surface area contributed by atoms with Gasteiger partial charge in [-0.3, -0.25) is 4.79 Å². The lowest BCUT2D eigenvalue weighted by molar-refractivity contribution is -0.137. The van der Waals surface area contributed by atoms with Crippen LogP contribution in [0.15, 0.2) is 0 Å². The second kappa shape index (κ2) is 5.53. The number of amides is 1. The van der Waals surface area contributed by atoms with Crippen LogP contribution in [0, 0.1) is 0 Å². The molecule has 3 N–H and O–H groups in total. The molecule has 5 heteroatoms. The molecule has 4 nitrogen and oxygen atoms in total. The number of nitrogens with one attached hydrogen (secondary N) is 1. The fourth-order valence-electron chi connectivity index (χ4n) is 1.80. The molecule has 1 rings (SSSR count). The van der Waals surface area contributed by atoms with Gasteiger partial charge in [0.05, 0.1) is 6.04 Å². The number of carbonyl (C=O) groups is 1. The van der Waals surface area contributed by atoms with Crippen LogP contribution in [0.3, 0.4) is 0 Å². The zero-order valence-corrected chi connectivity index (χ0v) is 9.80. The molecular formula is C9H20ClN3O. The third-order valence-electron chi connectivity index (χ3n) is 2.47. The van der Waals surface area contributed by atoms with Crippen LogP contribution in [0.2, 0.25) is 0 Å². The summed E-state index contributed by atoms with van der Waals surface area (Å²) in [6.07, 6.45) is 0. The quantitative estimate of drug-likeness (QED) is 0.654. The molecule has 0 bridgehead atoms. The Bertz CT molecular complexity index is 188. The lowest BCUT2D eigenvalue weighted by Crippen LogP contribution is -2.60. The summed E-state index contributed by atoms with van der Waals surface area (Å²) in [6.45, 7) is 7.56. The number of hydrogen-bond donors (Lipinski definition) is 2. The van der Waals surface area contributed by atoms with Crippen LogP contribution >= 0.6 is 12.4 Å². The standard InChI is InChI=1S/C9H19N3O.ClH/c1-6-4-11-5-7(2)12(6)9(13)8(3)10;/h6-8,11H,4-5,10H2,1-3H3;1H/t6?,7?,8-;/m1./s1. The zero-order chi connectivity index (χ0) is 10.0. The molecule has 0 aromatic heterocycles. The summed E-state index contributed by atoms with van der Waals surface area (Å²) in [6, 6.07) is 0.118. The summed E-state index contributed by atoms with van der Waals surface area (Å²) in [5, 5.41) is 3.27. The molecule has 0 aromatic carbocycles. The molecule has 3 atom stereocenters. The van der Waals surface area contributed by atoms with Gasteiger partial charge < -0.3 is 16.0 Å². The molecule has 1 saturated heterocycles. The molecule has 1 amide bonds. The molecule has 0 aromatic rings. The van der Waals surface area contributed by atoms with E-state index in [1.807, 2.05) is 18.7 Å². The average Bonchev–Trinajstić information content (AvgIpc) is 2.03. The van der Waals surface area contributed by atoms with E-state index in [2.05, 4.69) is 5.32 Å². The highest BCUT2D eigenvalue weighted by molar-refractivity contribution is 5.85. The van der Waals surface area contributed by atoms with Gasteiger partial charge in [-0.05, 0) is 20.8 Å². The highest BCUT2D eigenvalue weighted by Crippen LogP contribution is 2.10. The van der Waals surface area contributed by atoms with Crippen LogP contribution in [0.25, 0.3) is 0 Å². The number of hydrogen-bond acceptors (Lipinski definition) is 3. The van der Waals surface area contributed by atoms with Crippen molar-refractivity contribution in [3.63, 3.8) is 0 Å². The van der Waals surface area contributed by atoms with Gasteiger partial charge in [0.25, 0.3) is 0 Å². The molecule has 1 fully saturated rings. The fraction of sp³-hybridized carbons (Fsp3) is 0.889. The van der Waals surface area contributed by atoms with E-state index in [1.54, 1.807) is 6.92 Å². The molecular weight excluding hydrogens is 202 g/mol. The molecule has 2 unspecified atom stereocenters. The van der Waals surface area contributed by atoms with Gasteiger partial charge in [0, 0.05) is 25.2 Å². The molecule has 1 heterocycles. The van der Waals surface area contributed by atoms with Crippen LogP contribution in [0.1, 0.15) is 20.8 Å². The average molecular weight is 222 g/mol. The topological polar surface area (TPSA) is 58.4 Å². The van der Waals surface area contributed by atoms with Gasteiger partial charge in [-0.2, -0.15) is 0 Å². The molecule has 1 aliphatic heterocycles. The lowest BCUT2D eigenvalue weighted by Gasteiger charge is -2.40. The Hall–Kier alpha value is -0.320. The van der Waals surface area contributed by atoms with E-state index >= 15 is 0 Å². The molecule has 84 valence electrons. The predicted molar refractivity (Wildman–Crippen MR) is 59.5 cm³/mol. The first-order valence-electron chi connectivity index (χ1n) is 4.82. The van der Waals surface area contributed by atoms with Gasteiger partial charge in [-0.15, -0.1) is 12.4 Å². The van der Waals surface area contributed by atoms with Crippen LogP contribution in [0.5, 0.6) is 0 Å². The third kappa shape index (κ3) is 2.83. The maximum atomic E-state index is 11.7. The van der Waals surface area contributed by atoms with Crippen molar-refractivity contribution in [1.82, 2.24) is 10.2 Å². The molecule has 1 aliphatic rings. The number of halogens is 1. The third-order valence-corrected chi connectivity index (χ3v) is 2.47. The van der Waals surface area contributed by atoms with Crippen molar-refractivity contribution in [3.8, 4) is 0 Å². The predicted octanol–water partition coefficient (Wildman–Crippen LogP) is -0.0358. The number of nitrogens with two attached hydrogens (primary N) is 1. The van der Waals surface area contributed by atoms with Crippen molar-refractivity contribution in [3.05, 3.63) is 0 Å². The Morgan fingerprint density at radius 1 is 1.43 bits per heavy atom. The summed E-state index contributed by atoms with van der Waals surface area (Å²) >= 11 is 0. The fourth-order valence-corrected chi connectivity index (χ4v) is 1.80. The highest BCUT2D eigenvalue weighted by Gasteiger charge is 2.29. The van der Waals surface area contributed by atoms with Gasteiger partial charge in [0.15, 0.2) is 0 Å². The van der Waals surface area contributed by atoms with E-state index in [1.165, 1.54) is 0 Å². The summed E-state index contributed by atoms with van der Waals surface area (Å²) < 4.78 is 0. The zero-order valence-electron chi connectivity index (χ0n) is 8.99. The van der Waals surface area contributed by atoms with Gasteiger partial charge in [0.2, 0.25) is 5.91 Å².